The fourth-order valence-electron chi connectivity index (χ4n) is 2.11. The molecule has 0 saturated heterocycles. The SMILES string of the molecule is O=C([O-])N1CCc2cccc([N+](=O)[O-])c2CC1. The molecule has 2 rings (SSSR count). The maximum Gasteiger partial charge on any atom is 0.272 e. The number of nitro groups is 1. The fraction of sp³-hybridized carbons (Fsp3) is 0.364. The Labute approximate surface area is 97.6 Å². The van der Waals surface area contributed by atoms with Gasteiger partial charge in [0.05, 0.1) is 4.92 Å². The Balaban J connectivity index is 2.33. The van der Waals surface area contributed by atoms with E-state index in [-0.39, 0.29) is 12.2 Å². The van der Waals surface area contributed by atoms with Crippen LogP contribution in [0, 0.1) is 10.1 Å². The fourth-order valence-corrected chi connectivity index (χ4v) is 2.11. The molecule has 0 N–H and O–H groups in total. The van der Waals surface area contributed by atoms with Crippen molar-refractivity contribution in [2.75, 3.05) is 13.1 Å². The molecule has 6 nitrogen and oxygen atoms in total. The van der Waals surface area contributed by atoms with Gasteiger partial charge in [-0.25, -0.2) is 0 Å². The lowest BCUT2D eigenvalue weighted by Gasteiger charge is -2.22. The predicted octanol–water partition coefficient (Wildman–Crippen LogP) is 0.339. The zero-order chi connectivity index (χ0) is 12.4. The molecule has 1 aromatic rings. The van der Waals surface area contributed by atoms with Crippen molar-refractivity contribution in [3.05, 3.63) is 39.4 Å². The Bertz CT molecular complexity index is 473. The van der Waals surface area contributed by atoms with Crippen LogP contribution in [-0.4, -0.2) is 29.0 Å². The van der Waals surface area contributed by atoms with Crippen molar-refractivity contribution >= 4 is 11.8 Å². The molecule has 17 heavy (non-hydrogen) atoms. The number of carbonyl (C=O) groups is 1. The first-order chi connectivity index (χ1) is 8.09. The smallest absolute Gasteiger partial charge is 0.272 e. The lowest BCUT2D eigenvalue weighted by Crippen LogP contribution is -2.42. The number of amides is 1. The van der Waals surface area contributed by atoms with Crippen molar-refractivity contribution in [1.29, 1.82) is 0 Å². The van der Waals surface area contributed by atoms with E-state index in [4.69, 9.17) is 0 Å². The van der Waals surface area contributed by atoms with Crippen LogP contribution < -0.4 is 5.11 Å². The molecule has 6 heteroatoms. The quantitative estimate of drug-likeness (QED) is 0.518. The molecule has 1 aliphatic rings. The van der Waals surface area contributed by atoms with Gasteiger partial charge in [-0.1, -0.05) is 12.1 Å². The molecule has 0 aliphatic carbocycles. The highest BCUT2D eigenvalue weighted by Gasteiger charge is 2.21. The van der Waals surface area contributed by atoms with Crippen LogP contribution in [0.4, 0.5) is 10.5 Å². The van der Waals surface area contributed by atoms with Crippen molar-refractivity contribution in [1.82, 2.24) is 4.90 Å². The molecule has 0 aromatic heterocycles. The van der Waals surface area contributed by atoms with Gasteiger partial charge in [-0.2, -0.15) is 0 Å². The average Bonchev–Trinajstić information content (AvgIpc) is 2.50. The Kier molecular flexibility index (Phi) is 2.95. The maximum atomic E-state index is 10.9. The second kappa shape index (κ2) is 4.40. The van der Waals surface area contributed by atoms with Crippen LogP contribution in [0.25, 0.3) is 0 Å². The summed E-state index contributed by atoms with van der Waals surface area (Å²) in [5.41, 5.74) is 1.56. The number of nitrogens with zero attached hydrogens (tertiary/aromatic N) is 2. The summed E-state index contributed by atoms with van der Waals surface area (Å²) in [6, 6.07) is 4.89. The van der Waals surface area contributed by atoms with E-state index < -0.39 is 11.0 Å². The van der Waals surface area contributed by atoms with Gasteiger partial charge in [-0.05, 0) is 18.4 Å². The van der Waals surface area contributed by atoms with Crippen molar-refractivity contribution in [3.8, 4) is 0 Å². The molecule has 0 bridgehead atoms. The molecule has 0 unspecified atom stereocenters. The van der Waals surface area contributed by atoms with E-state index in [9.17, 15) is 20.0 Å². The van der Waals surface area contributed by atoms with Crippen molar-refractivity contribution in [2.24, 2.45) is 0 Å². The summed E-state index contributed by atoms with van der Waals surface area (Å²) in [5.74, 6) is 0. The molecular weight excluding hydrogens is 224 g/mol. The number of carbonyl (C=O) groups excluding carboxylic acids is 1. The second-order valence-electron chi connectivity index (χ2n) is 3.92. The van der Waals surface area contributed by atoms with Crippen molar-refractivity contribution in [2.45, 2.75) is 12.8 Å². The summed E-state index contributed by atoms with van der Waals surface area (Å²) >= 11 is 0. The summed E-state index contributed by atoms with van der Waals surface area (Å²) in [4.78, 5) is 22.4. The second-order valence-corrected chi connectivity index (χ2v) is 3.92. The van der Waals surface area contributed by atoms with Crippen LogP contribution in [0.3, 0.4) is 0 Å². The minimum absolute atomic E-state index is 0.0719. The molecule has 1 aliphatic heterocycles. The van der Waals surface area contributed by atoms with Crippen LogP contribution in [0.1, 0.15) is 11.1 Å². The van der Waals surface area contributed by atoms with E-state index in [1.165, 1.54) is 11.0 Å². The summed E-state index contributed by atoms with van der Waals surface area (Å²) in [6.07, 6.45) is -0.369. The Morgan fingerprint density at radius 3 is 2.65 bits per heavy atom. The van der Waals surface area contributed by atoms with Gasteiger partial charge in [-0.15, -0.1) is 0 Å². The molecule has 1 heterocycles. The van der Waals surface area contributed by atoms with Crippen LogP contribution >= 0.6 is 0 Å². The number of hydrogen-bond donors (Lipinski definition) is 0. The van der Waals surface area contributed by atoms with E-state index in [0.29, 0.717) is 24.9 Å². The summed E-state index contributed by atoms with van der Waals surface area (Å²) < 4.78 is 0. The third-order valence-electron chi connectivity index (χ3n) is 2.99. The zero-order valence-electron chi connectivity index (χ0n) is 9.09. The first-order valence-corrected chi connectivity index (χ1v) is 5.30. The highest BCUT2D eigenvalue weighted by atomic mass is 16.6. The minimum atomic E-state index is -1.22. The Morgan fingerprint density at radius 2 is 2.00 bits per heavy atom. The molecule has 0 spiro atoms. The number of rotatable bonds is 1. The van der Waals surface area contributed by atoms with Crippen LogP contribution in [-0.2, 0) is 12.8 Å². The number of nitro benzene ring substituents is 1. The average molecular weight is 235 g/mol. The lowest BCUT2D eigenvalue weighted by molar-refractivity contribution is -0.385. The maximum absolute atomic E-state index is 10.9. The van der Waals surface area contributed by atoms with Gasteiger partial charge < -0.3 is 14.8 Å². The predicted molar refractivity (Wildman–Crippen MR) is 57.5 cm³/mol. The van der Waals surface area contributed by atoms with Crippen LogP contribution in [0.2, 0.25) is 0 Å². The van der Waals surface area contributed by atoms with Crippen molar-refractivity contribution < 1.29 is 14.8 Å². The largest absolute Gasteiger partial charge is 0.530 e. The Morgan fingerprint density at radius 1 is 1.29 bits per heavy atom. The zero-order valence-corrected chi connectivity index (χ0v) is 9.09. The van der Waals surface area contributed by atoms with Crippen LogP contribution in [0.5, 0.6) is 0 Å². The van der Waals surface area contributed by atoms with Gasteiger partial charge >= 0.3 is 0 Å². The monoisotopic (exact) mass is 235 g/mol. The van der Waals surface area contributed by atoms with E-state index in [2.05, 4.69) is 0 Å². The third-order valence-corrected chi connectivity index (χ3v) is 2.99. The standard InChI is InChI=1S/C11H12N2O4/c14-11(15)12-6-4-8-2-1-3-10(13(16)17)9(8)5-7-12/h1-3H,4-7H2,(H,14,15)/p-1. The number of benzene rings is 1. The summed E-state index contributed by atoms with van der Waals surface area (Å²) in [6.45, 7) is 0.580. The molecular formula is C11H11N2O4-. The van der Waals surface area contributed by atoms with Gasteiger partial charge in [0, 0.05) is 24.7 Å². The van der Waals surface area contributed by atoms with E-state index in [1.54, 1.807) is 12.1 Å². The van der Waals surface area contributed by atoms with Gasteiger partial charge in [-0.3, -0.25) is 10.1 Å². The first kappa shape index (κ1) is 11.4. The van der Waals surface area contributed by atoms with Gasteiger partial charge in [0.2, 0.25) is 0 Å². The molecule has 1 aromatic carbocycles. The number of hydrogen-bond acceptors (Lipinski definition) is 4. The molecule has 0 fully saturated rings. The van der Waals surface area contributed by atoms with Gasteiger partial charge in [0.1, 0.15) is 6.09 Å². The lowest BCUT2D eigenvalue weighted by atomic mass is 10.0. The normalized spacial score (nSPS) is 14.9. The van der Waals surface area contributed by atoms with Gasteiger partial charge in [0.15, 0.2) is 0 Å². The van der Waals surface area contributed by atoms with E-state index in [0.717, 1.165) is 5.56 Å². The molecule has 1 amide bonds. The summed E-state index contributed by atoms with van der Waals surface area (Å²) in [5, 5.41) is 21.6. The highest BCUT2D eigenvalue weighted by molar-refractivity contribution is 5.63. The van der Waals surface area contributed by atoms with Crippen molar-refractivity contribution in [3.63, 3.8) is 0 Å². The topological polar surface area (TPSA) is 86.5 Å². The van der Waals surface area contributed by atoms with E-state index in [1.807, 2.05) is 0 Å². The molecule has 0 radical (unpaired) electrons. The summed E-state index contributed by atoms with van der Waals surface area (Å²) in [7, 11) is 0. The minimum Gasteiger partial charge on any atom is -0.530 e. The number of fused-ring (bicyclic) bond motifs is 1. The molecule has 0 saturated carbocycles. The first-order valence-electron chi connectivity index (χ1n) is 5.30. The van der Waals surface area contributed by atoms with Gasteiger partial charge in [0.25, 0.3) is 5.69 Å². The third kappa shape index (κ3) is 2.20. The Hall–Kier alpha value is -2.11. The number of carboxylic acid groups (broad SMARTS) is 1. The van der Waals surface area contributed by atoms with Crippen LogP contribution in [0.15, 0.2) is 18.2 Å². The molecule has 0 atom stereocenters. The van der Waals surface area contributed by atoms with E-state index >= 15 is 0 Å². The highest BCUT2D eigenvalue weighted by Crippen LogP contribution is 2.25. The molecule has 90 valence electrons.